The summed E-state index contributed by atoms with van der Waals surface area (Å²) in [7, 11) is 0. The Kier molecular flexibility index (Phi) is 8.22. The summed E-state index contributed by atoms with van der Waals surface area (Å²) in [5.74, 6) is 0.372. The molecule has 0 saturated heterocycles. The molecule has 0 saturated carbocycles. The molecule has 33 heavy (non-hydrogen) atoms. The molecular weight excluding hydrogens is 414 g/mol. The lowest BCUT2D eigenvalue weighted by Crippen LogP contribution is -2.41. The van der Waals surface area contributed by atoms with E-state index in [-0.39, 0.29) is 23.8 Å². The summed E-state index contributed by atoms with van der Waals surface area (Å²) >= 11 is 0. The molecule has 3 N–H and O–H groups in total. The summed E-state index contributed by atoms with van der Waals surface area (Å²) in [6, 6.07) is 25.9. The molecule has 0 unspecified atom stereocenters. The zero-order chi connectivity index (χ0) is 23.7. The highest BCUT2D eigenvalue weighted by molar-refractivity contribution is 5.94. The minimum Gasteiger partial charge on any atom is -0.484 e. The van der Waals surface area contributed by atoms with E-state index in [4.69, 9.17) is 10.5 Å². The zero-order valence-corrected chi connectivity index (χ0v) is 19.2. The summed E-state index contributed by atoms with van der Waals surface area (Å²) in [6.07, 6.45) is 0. The number of nitrogens with two attached hydrogens (primary N) is 1. The highest BCUT2D eigenvalue weighted by atomic mass is 16.5. The van der Waals surface area contributed by atoms with Crippen molar-refractivity contribution in [2.75, 3.05) is 25.0 Å². The SMILES string of the molecule is CC(C)(CN)CN(Cc1ccc(NC(=O)COc2ccccc2)cc1)C(=O)c1ccccc1. The number of hydrogen-bond acceptors (Lipinski definition) is 4. The first kappa shape index (κ1) is 24.0. The number of anilines is 1. The summed E-state index contributed by atoms with van der Waals surface area (Å²) in [4.78, 5) is 27.2. The third-order valence-corrected chi connectivity index (χ3v) is 5.20. The average molecular weight is 446 g/mol. The summed E-state index contributed by atoms with van der Waals surface area (Å²) < 4.78 is 5.48. The Morgan fingerprint density at radius 3 is 2.12 bits per heavy atom. The third-order valence-electron chi connectivity index (χ3n) is 5.20. The van der Waals surface area contributed by atoms with Crippen molar-refractivity contribution in [3.05, 3.63) is 96.1 Å². The monoisotopic (exact) mass is 445 g/mol. The first-order chi connectivity index (χ1) is 15.9. The lowest BCUT2D eigenvalue weighted by molar-refractivity contribution is -0.118. The van der Waals surface area contributed by atoms with Crippen LogP contribution in [0.2, 0.25) is 0 Å². The first-order valence-corrected chi connectivity index (χ1v) is 11.0. The maximum Gasteiger partial charge on any atom is 0.262 e. The molecule has 172 valence electrons. The van der Waals surface area contributed by atoms with E-state index in [1.54, 1.807) is 12.1 Å². The van der Waals surface area contributed by atoms with Crippen LogP contribution in [0.5, 0.6) is 5.75 Å². The van der Waals surface area contributed by atoms with Crippen LogP contribution < -0.4 is 15.8 Å². The predicted molar refractivity (Wildman–Crippen MR) is 131 cm³/mol. The van der Waals surface area contributed by atoms with Crippen LogP contribution in [-0.2, 0) is 11.3 Å². The number of ether oxygens (including phenoxy) is 1. The maximum atomic E-state index is 13.2. The van der Waals surface area contributed by atoms with Gasteiger partial charge >= 0.3 is 0 Å². The van der Waals surface area contributed by atoms with Crippen LogP contribution in [-0.4, -0.2) is 36.4 Å². The molecule has 0 aliphatic rings. The number of hydrogen-bond donors (Lipinski definition) is 2. The maximum absolute atomic E-state index is 13.2. The van der Waals surface area contributed by atoms with Crippen LogP contribution in [0.25, 0.3) is 0 Å². The fourth-order valence-corrected chi connectivity index (χ4v) is 3.32. The van der Waals surface area contributed by atoms with Gasteiger partial charge in [0.25, 0.3) is 11.8 Å². The van der Waals surface area contributed by atoms with Crippen LogP contribution in [0.15, 0.2) is 84.9 Å². The number of carbonyl (C=O) groups is 2. The van der Waals surface area contributed by atoms with E-state index in [2.05, 4.69) is 19.2 Å². The molecule has 0 fully saturated rings. The Hall–Kier alpha value is -3.64. The van der Waals surface area contributed by atoms with Gasteiger partial charge in [0.2, 0.25) is 0 Å². The smallest absolute Gasteiger partial charge is 0.262 e. The normalized spacial score (nSPS) is 11.0. The van der Waals surface area contributed by atoms with E-state index >= 15 is 0 Å². The molecule has 0 aromatic heterocycles. The molecule has 0 radical (unpaired) electrons. The first-order valence-electron chi connectivity index (χ1n) is 11.0. The van der Waals surface area contributed by atoms with Crippen molar-refractivity contribution in [3.63, 3.8) is 0 Å². The Balaban J connectivity index is 1.63. The second kappa shape index (κ2) is 11.3. The molecule has 0 atom stereocenters. The van der Waals surface area contributed by atoms with Crippen LogP contribution in [0.4, 0.5) is 5.69 Å². The molecule has 2 amide bonds. The molecule has 0 spiro atoms. The number of carbonyl (C=O) groups excluding carboxylic acids is 2. The van der Waals surface area contributed by atoms with Crippen LogP contribution in [0.1, 0.15) is 29.8 Å². The second-order valence-electron chi connectivity index (χ2n) is 8.74. The van der Waals surface area contributed by atoms with Crippen LogP contribution in [0.3, 0.4) is 0 Å². The van der Waals surface area contributed by atoms with Gasteiger partial charge in [0, 0.05) is 24.3 Å². The second-order valence-corrected chi connectivity index (χ2v) is 8.74. The van der Waals surface area contributed by atoms with Gasteiger partial charge in [-0.05, 0) is 53.9 Å². The number of benzene rings is 3. The van der Waals surface area contributed by atoms with Gasteiger partial charge in [-0.25, -0.2) is 0 Å². The van der Waals surface area contributed by atoms with Gasteiger partial charge in [0.15, 0.2) is 6.61 Å². The van der Waals surface area contributed by atoms with Gasteiger partial charge in [-0.3, -0.25) is 9.59 Å². The molecule has 0 aliphatic carbocycles. The lowest BCUT2D eigenvalue weighted by atomic mass is 9.92. The Labute approximate surface area is 195 Å². The predicted octanol–water partition coefficient (Wildman–Crippen LogP) is 4.33. The van der Waals surface area contributed by atoms with Crippen molar-refractivity contribution >= 4 is 17.5 Å². The van der Waals surface area contributed by atoms with Crippen molar-refractivity contribution in [1.82, 2.24) is 4.90 Å². The quantitative estimate of drug-likeness (QED) is 0.486. The van der Waals surface area contributed by atoms with Crippen molar-refractivity contribution in [1.29, 1.82) is 0 Å². The highest BCUT2D eigenvalue weighted by Gasteiger charge is 2.24. The van der Waals surface area contributed by atoms with Gasteiger partial charge in [-0.15, -0.1) is 0 Å². The number of rotatable bonds is 10. The Morgan fingerprint density at radius 2 is 1.52 bits per heavy atom. The molecule has 3 rings (SSSR count). The lowest BCUT2D eigenvalue weighted by Gasteiger charge is -2.32. The molecule has 0 bridgehead atoms. The number of para-hydroxylation sites is 1. The fourth-order valence-electron chi connectivity index (χ4n) is 3.32. The summed E-state index contributed by atoms with van der Waals surface area (Å²) in [5, 5.41) is 2.83. The number of nitrogens with zero attached hydrogens (tertiary/aromatic N) is 1. The average Bonchev–Trinajstić information content (AvgIpc) is 2.84. The zero-order valence-electron chi connectivity index (χ0n) is 19.2. The Morgan fingerprint density at radius 1 is 0.909 bits per heavy atom. The molecule has 6 heteroatoms. The van der Waals surface area contributed by atoms with Crippen molar-refractivity contribution in [3.8, 4) is 5.75 Å². The van der Waals surface area contributed by atoms with E-state index < -0.39 is 0 Å². The third kappa shape index (κ3) is 7.47. The van der Waals surface area contributed by atoms with Crippen LogP contribution >= 0.6 is 0 Å². The molecule has 0 heterocycles. The summed E-state index contributed by atoms with van der Waals surface area (Å²) in [5.41, 5.74) is 7.99. The van der Waals surface area contributed by atoms with Gasteiger partial charge in [-0.2, -0.15) is 0 Å². The van der Waals surface area contributed by atoms with E-state index in [1.807, 2.05) is 77.7 Å². The largest absolute Gasteiger partial charge is 0.484 e. The van der Waals surface area contributed by atoms with E-state index in [0.717, 1.165) is 5.56 Å². The van der Waals surface area contributed by atoms with Crippen molar-refractivity contribution in [2.24, 2.45) is 11.1 Å². The van der Waals surface area contributed by atoms with Gasteiger partial charge < -0.3 is 20.7 Å². The van der Waals surface area contributed by atoms with Gasteiger partial charge in [0.1, 0.15) is 5.75 Å². The molecule has 6 nitrogen and oxygen atoms in total. The molecule has 3 aromatic rings. The van der Waals surface area contributed by atoms with E-state index in [1.165, 1.54) is 0 Å². The number of nitrogens with one attached hydrogen (secondary N) is 1. The minimum absolute atomic E-state index is 0.0347. The van der Waals surface area contributed by atoms with Crippen molar-refractivity contribution < 1.29 is 14.3 Å². The van der Waals surface area contributed by atoms with Gasteiger partial charge in [-0.1, -0.05) is 62.4 Å². The molecule has 3 aromatic carbocycles. The topological polar surface area (TPSA) is 84.7 Å². The van der Waals surface area contributed by atoms with Crippen LogP contribution in [0, 0.1) is 5.41 Å². The van der Waals surface area contributed by atoms with Gasteiger partial charge in [0.05, 0.1) is 0 Å². The fraction of sp³-hybridized carbons (Fsp3) is 0.259. The minimum atomic E-state index is -0.239. The molecule has 0 aliphatic heterocycles. The van der Waals surface area contributed by atoms with E-state index in [9.17, 15) is 9.59 Å². The molecular formula is C27H31N3O3. The number of amides is 2. The Bertz CT molecular complexity index is 1040. The van der Waals surface area contributed by atoms with E-state index in [0.29, 0.717) is 36.6 Å². The van der Waals surface area contributed by atoms with Crippen molar-refractivity contribution in [2.45, 2.75) is 20.4 Å². The summed E-state index contributed by atoms with van der Waals surface area (Å²) in [6.45, 7) is 5.48. The highest BCUT2D eigenvalue weighted by Crippen LogP contribution is 2.20. The standard InChI is InChI=1S/C27H31N3O3/c1-27(2,19-28)20-30(26(32)22-9-5-3-6-10-22)17-21-13-15-23(16-14-21)29-25(31)18-33-24-11-7-4-8-12-24/h3-16H,17-20,28H2,1-2H3,(H,29,31).